The van der Waals surface area contributed by atoms with E-state index < -0.39 is 6.10 Å². The number of fused-ring (bicyclic) bond motifs is 3. The molecule has 0 bridgehead atoms. The molecule has 3 aliphatic heterocycles. The first-order valence-corrected chi connectivity index (χ1v) is 10.3. The molecule has 164 valence electrons. The highest BCUT2D eigenvalue weighted by molar-refractivity contribution is 5.92. The second kappa shape index (κ2) is 9.30. The largest absolute Gasteiger partial charge is 0.487 e. The van der Waals surface area contributed by atoms with Crippen molar-refractivity contribution >= 4 is 17.5 Å². The number of hydrogen-bond acceptors (Lipinski definition) is 7. The molecule has 9 nitrogen and oxygen atoms in total. The summed E-state index contributed by atoms with van der Waals surface area (Å²) < 4.78 is 22.3. The van der Waals surface area contributed by atoms with Crippen LogP contribution in [0.4, 0.5) is 5.69 Å². The number of nitrogens with one attached hydrogen (secondary N) is 1. The predicted octanol–water partition coefficient (Wildman–Crippen LogP) is 0.515. The fourth-order valence-electron chi connectivity index (χ4n) is 4.43. The Morgan fingerprint density at radius 1 is 1.30 bits per heavy atom. The average Bonchev–Trinajstić information content (AvgIpc) is 3.12. The van der Waals surface area contributed by atoms with Gasteiger partial charge in [-0.3, -0.25) is 9.59 Å². The van der Waals surface area contributed by atoms with Crippen molar-refractivity contribution in [3.05, 3.63) is 23.8 Å². The zero-order valence-corrected chi connectivity index (χ0v) is 17.0. The summed E-state index contributed by atoms with van der Waals surface area (Å²) in [7, 11) is 1.47. The van der Waals surface area contributed by atoms with Crippen LogP contribution in [-0.2, 0) is 23.8 Å². The number of amides is 2. The lowest BCUT2D eigenvalue weighted by Gasteiger charge is -2.38. The highest BCUT2D eigenvalue weighted by Crippen LogP contribution is 2.47. The van der Waals surface area contributed by atoms with Gasteiger partial charge >= 0.3 is 0 Å². The molecule has 2 amide bonds. The number of benzene rings is 1. The van der Waals surface area contributed by atoms with Crippen LogP contribution in [0.3, 0.4) is 0 Å². The lowest BCUT2D eigenvalue weighted by Crippen LogP contribution is -2.48. The van der Waals surface area contributed by atoms with Crippen LogP contribution in [0.5, 0.6) is 5.75 Å². The van der Waals surface area contributed by atoms with Gasteiger partial charge in [0.1, 0.15) is 24.6 Å². The second-order valence-corrected chi connectivity index (χ2v) is 7.83. The molecule has 0 unspecified atom stereocenters. The topological polar surface area (TPSA) is 107 Å². The Labute approximate surface area is 175 Å². The van der Waals surface area contributed by atoms with Gasteiger partial charge in [-0.2, -0.15) is 0 Å². The molecule has 0 aliphatic carbocycles. The fraction of sp³-hybridized carbons (Fsp3) is 0.619. The van der Waals surface area contributed by atoms with Gasteiger partial charge in [-0.05, 0) is 24.6 Å². The van der Waals surface area contributed by atoms with E-state index in [-0.39, 0.29) is 49.6 Å². The van der Waals surface area contributed by atoms with Crippen LogP contribution in [0.15, 0.2) is 18.2 Å². The van der Waals surface area contributed by atoms with Gasteiger partial charge in [0, 0.05) is 37.4 Å². The van der Waals surface area contributed by atoms with Crippen molar-refractivity contribution in [2.45, 2.75) is 37.1 Å². The summed E-state index contributed by atoms with van der Waals surface area (Å²) in [6.45, 7) is 2.09. The molecule has 2 fully saturated rings. The molecule has 3 aliphatic rings. The first kappa shape index (κ1) is 21.0. The van der Waals surface area contributed by atoms with Gasteiger partial charge in [0.05, 0.1) is 32.3 Å². The molecule has 4 rings (SSSR count). The summed E-state index contributed by atoms with van der Waals surface area (Å²) in [6.07, 6.45) is -0.256. The van der Waals surface area contributed by atoms with E-state index in [0.29, 0.717) is 38.4 Å². The molecule has 2 N–H and O–H groups in total. The van der Waals surface area contributed by atoms with Crippen LogP contribution in [0, 0.1) is 0 Å². The molecule has 2 saturated heterocycles. The third-order valence-corrected chi connectivity index (χ3v) is 5.82. The van der Waals surface area contributed by atoms with Crippen LogP contribution in [0.2, 0.25) is 0 Å². The third kappa shape index (κ3) is 4.44. The van der Waals surface area contributed by atoms with Crippen LogP contribution in [-0.4, -0.2) is 86.8 Å². The number of aliphatic hydroxyl groups is 1. The number of hydrogen-bond donors (Lipinski definition) is 2. The van der Waals surface area contributed by atoms with Crippen molar-refractivity contribution in [2.75, 3.05) is 51.9 Å². The average molecular weight is 420 g/mol. The monoisotopic (exact) mass is 420 g/mol. The normalized spacial score (nSPS) is 27.7. The summed E-state index contributed by atoms with van der Waals surface area (Å²) in [5, 5.41) is 12.7. The number of nitrogens with zero attached hydrogens (tertiary/aromatic N) is 1. The number of carbonyl (C=O) groups is 2. The molecule has 1 aromatic rings. The molecular formula is C21H28N2O7. The van der Waals surface area contributed by atoms with Gasteiger partial charge in [-0.15, -0.1) is 0 Å². The van der Waals surface area contributed by atoms with E-state index in [0.717, 1.165) is 11.3 Å². The summed E-state index contributed by atoms with van der Waals surface area (Å²) in [5.74, 6) is 0.505. The number of anilines is 1. The molecule has 3 heterocycles. The van der Waals surface area contributed by atoms with Crippen molar-refractivity contribution in [1.29, 1.82) is 0 Å². The molecule has 0 radical (unpaired) electrons. The molecule has 9 heteroatoms. The Bertz CT molecular complexity index is 781. The van der Waals surface area contributed by atoms with Crippen molar-refractivity contribution in [2.24, 2.45) is 0 Å². The summed E-state index contributed by atoms with van der Waals surface area (Å²) >= 11 is 0. The number of aliphatic hydroxyl groups excluding tert-OH is 1. The summed E-state index contributed by atoms with van der Waals surface area (Å²) in [5.41, 5.74) is 1.62. The van der Waals surface area contributed by atoms with Gasteiger partial charge in [0.25, 0.3) is 0 Å². The van der Waals surface area contributed by atoms with Gasteiger partial charge in [-0.1, -0.05) is 0 Å². The Kier molecular flexibility index (Phi) is 6.52. The highest BCUT2D eigenvalue weighted by atomic mass is 16.6. The molecule has 30 heavy (non-hydrogen) atoms. The first-order chi connectivity index (χ1) is 14.6. The van der Waals surface area contributed by atoms with E-state index in [1.54, 1.807) is 11.0 Å². The Hall–Kier alpha value is -2.20. The second-order valence-electron chi connectivity index (χ2n) is 7.83. The Balaban J connectivity index is 1.48. The van der Waals surface area contributed by atoms with E-state index >= 15 is 0 Å². The van der Waals surface area contributed by atoms with E-state index in [1.807, 2.05) is 12.1 Å². The Morgan fingerprint density at radius 3 is 2.83 bits per heavy atom. The summed E-state index contributed by atoms with van der Waals surface area (Å²) in [6, 6.07) is 5.49. The molecule has 0 spiro atoms. The maximum Gasteiger partial charge on any atom is 0.250 e. The van der Waals surface area contributed by atoms with Crippen LogP contribution in [0.1, 0.15) is 24.3 Å². The van der Waals surface area contributed by atoms with Crippen molar-refractivity contribution < 1.29 is 33.6 Å². The van der Waals surface area contributed by atoms with E-state index in [1.165, 1.54) is 7.11 Å². The zero-order chi connectivity index (χ0) is 21.1. The highest BCUT2D eigenvalue weighted by Gasteiger charge is 2.46. The Morgan fingerprint density at radius 2 is 2.10 bits per heavy atom. The van der Waals surface area contributed by atoms with Gasteiger partial charge in [0.2, 0.25) is 11.8 Å². The number of carbonyl (C=O) groups excluding carboxylic acids is 2. The maximum atomic E-state index is 12.7. The minimum Gasteiger partial charge on any atom is -0.487 e. The van der Waals surface area contributed by atoms with Crippen molar-refractivity contribution in [1.82, 2.24) is 4.90 Å². The van der Waals surface area contributed by atoms with Gasteiger partial charge in [0.15, 0.2) is 0 Å². The van der Waals surface area contributed by atoms with Crippen molar-refractivity contribution in [3.8, 4) is 5.75 Å². The minimum atomic E-state index is -0.509. The van der Waals surface area contributed by atoms with E-state index in [4.69, 9.17) is 18.9 Å². The number of methoxy groups -OCH3 is 1. The molecule has 4 atom stereocenters. The van der Waals surface area contributed by atoms with Gasteiger partial charge < -0.3 is 34.3 Å². The zero-order valence-electron chi connectivity index (χ0n) is 17.0. The third-order valence-electron chi connectivity index (χ3n) is 5.82. The number of rotatable bonds is 6. The first-order valence-electron chi connectivity index (χ1n) is 10.3. The maximum absolute atomic E-state index is 12.7. The fourth-order valence-corrected chi connectivity index (χ4v) is 4.43. The quantitative estimate of drug-likeness (QED) is 0.691. The predicted molar refractivity (Wildman–Crippen MR) is 106 cm³/mol. The van der Waals surface area contributed by atoms with Crippen LogP contribution in [0.25, 0.3) is 0 Å². The lowest BCUT2D eigenvalue weighted by atomic mass is 9.84. The standard InChI is InChI=1S/C21H28N2O7/c1-27-12-19(25)22-13-2-3-17-15(8-13)16-9-14(29-18(11-24)21(16)30-17)10-20(26)23-4-6-28-7-5-23/h2-3,8,14,16,18,21,24H,4-7,9-12H2,1H3,(H,22,25)/t14-,16-,18+,21+/m0/s1. The smallest absolute Gasteiger partial charge is 0.250 e. The minimum absolute atomic E-state index is 0.0207. The summed E-state index contributed by atoms with van der Waals surface area (Å²) in [4.78, 5) is 26.3. The number of ether oxygens (including phenoxy) is 4. The van der Waals surface area contributed by atoms with Crippen molar-refractivity contribution in [3.63, 3.8) is 0 Å². The van der Waals surface area contributed by atoms with E-state index in [2.05, 4.69) is 5.32 Å². The van der Waals surface area contributed by atoms with Crippen LogP contribution >= 0.6 is 0 Å². The molecule has 0 aromatic heterocycles. The van der Waals surface area contributed by atoms with Gasteiger partial charge in [-0.25, -0.2) is 0 Å². The SMILES string of the molecule is COCC(=O)Nc1ccc2c(c1)[C@@H]1C[C@@H](CC(=O)N3CCOCC3)O[C@H](CO)[C@@H]1O2. The molecule has 0 saturated carbocycles. The number of morpholine rings is 1. The molecular weight excluding hydrogens is 392 g/mol. The molecule has 1 aromatic carbocycles. The van der Waals surface area contributed by atoms with E-state index in [9.17, 15) is 14.7 Å². The lowest BCUT2D eigenvalue weighted by molar-refractivity contribution is -0.151. The van der Waals surface area contributed by atoms with Crippen LogP contribution < -0.4 is 10.1 Å².